The minimum Gasteiger partial charge on any atom is -0.370 e. The molecular formula is C15H18Cl2N2O. The number of nitrogens with one attached hydrogen (secondary N) is 1. The third kappa shape index (κ3) is 2.89. The van der Waals surface area contributed by atoms with E-state index in [1.165, 1.54) is 19.3 Å². The molecule has 1 N–H and O–H groups in total. The molecular weight excluding hydrogens is 295 g/mol. The number of piperidine rings is 1. The second kappa shape index (κ2) is 5.45. The molecule has 108 valence electrons. The molecule has 2 fully saturated rings. The van der Waals surface area contributed by atoms with Crippen molar-refractivity contribution in [3.8, 4) is 0 Å². The van der Waals surface area contributed by atoms with Crippen molar-refractivity contribution in [3.05, 3.63) is 24.3 Å². The second-order valence-electron chi connectivity index (χ2n) is 5.57. The van der Waals surface area contributed by atoms with Crippen LogP contribution in [0, 0.1) is 5.92 Å². The van der Waals surface area contributed by atoms with Crippen LogP contribution in [0.2, 0.25) is 0 Å². The van der Waals surface area contributed by atoms with E-state index in [2.05, 4.69) is 16.3 Å². The fourth-order valence-corrected chi connectivity index (χ4v) is 3.21. The van der Waals surface area contributed by atoms with Crippen molar-refractivity contribution in [2.75, 3.05) is 23.3 Å². The van der Waals surface area contributed by atoms with Gasteiger partial charge in [-0.15, -0.1) is 23.2 Å². The van der Waals surface area contributed by atoms with Gasteiger partial charge in [-0.2, -0.15) is 0 Å². The first kappa shape index (κ1) is 14.0. The molecule has 1 aromatic carbocycles. The first-order chi connectivity index (χ1) is 9.58. The number of carbonyl (C=O) groups excluding carboxylic acids is 1. The number of rotatable bonds is 3. The van der Waals surface area contributed by atoms with Crippen LogP contribution in [-0.4, -0.2) is 23.3 Å². The number of alkyl halides is 2. The Hall–Kier alpha value is -0.930. The van der Waals surface area contributed by atoms with Crippen molar-refractivity contribution in [1.29, 1.82) is 0 Å². The molecule has 3 nitrogen and oxygen atoms in total. The smallest absolute Gasteiger partial charge is 0.230 e. The summed E-state index contributed by atoms with van der Waals surface area (Å²) in [5.41, 5.74) is 1.95. The first-order valence-electron chi connectivity index (χ1n) is 7.10. The van der Waals surface area contributed by atoms with Gasteiger partial charge in [-0.05, 0) is 37.8 Å². The van der Waals surface area contributed by atoms with Gasteiger partial charge in [0.05, 0.1) is 17.3 Å². The maximum atomic E-state index is 12.1. The maximum Gasteiger partial charge on any atom is 0.230 e. The van der Waals surface area contributed by atoms with Crippen molar-refractivity contribution in [2.45, 2.75) is 30.0 Å². The van der Waals surface area contributed by atoms with E-state index < -0.39 is 4.33 Å². The van der Waals surface area contributed by atoms with E-state index in [4.69, 9.17) is 23.2 Å². The molecule has 1 amide bonds. The van der Waals surface area contributed by atoms with Crippen LogP contribution in [0.15, 0.2) is 24.3 Å². The normalized spacial score (nSPS) is 24.3. The molecule has 1 saturated carbocycles. The Bertz CT molecular complexity index is 512. The lowest BCUT2D eigenvalue weighted by molar-refractivity contribution is -0.117. The molecule has 5 heteroatoms. The van der Waals surface area contributed by atoms with Crippen LogP contribution in [0.4, 0.5) is 11.4 Å². The first-order valence-corrected chi connectivity index (χ1v) is 7.86. The van der Waals surface area contributed by atoms with Gasteiger partial charge in [-0.25, -0.2) is 0 Å². The number of anilines is 2. The minimum absolute atomic E-state index is 0.0838. The average Bonchev–Trinajstić information content (AvgIpc) is 3.10. The fourth-order valence-electron chi connectivity index (χ4n) is 2.71. The quantitative estimate of drug-likeness (QED) is 0.861. The minimum atomic E-state index is -0.871. The zero-order valence-electron chi connectivity index (χ0n) is 11.2. The third-order valence-electron chi connectivity index (χ3n) is 4.00. The predicted octanol–water partition coefficient (Wildman–Crippen LogP) is 3.81. The Morgan fingerprint density at radius 3 is 2.50 bits per heavy atom. The number of carbonyl (C=O) groups is 1. The summed E-state index contributed by atoms with van der Waals surface area (Å²) in [5.74, 6) is -0.375. The number of amides is 1. The zero-order chi connectivity index (χ0) is 14.2. The topological polar surface area (TPSA) is 32.3 Å². The molecule has 20 heavy (non-hydrogen) atoms. The predicted molar refractivity (Wildman–Crippen MR) is 83.7 cm³/mol. The molecule has 0 radical (unpaired) electrons. The van der Waals surface area contributed by atoms with Crippen molar-refractivity contribution in [1.82, 2.24) is 0 Å². The van der Waals surface area contributed by atoms with Crippen molar-refractivity contribution >= 4 is 40.5 Å². The Morgan fingerprint density at radius 1 is 1.20 bits per heavy atom. The van der Waals surface area contributed by atoms with Gasteiger partial charge in [-0.1, -0.05) is 12.1 Å². The largest absolute Gasteiger partial charge is 0.370 e. The number of benzene rings is 1. The molecule has 1 aliphatic carbocycles. The standard InChI is InChI=1S/C15H18Cl2N2O/c16-15(17)10-11(15)14(20)18-12-6-2-3-7-13(12)19-8-4-1-5-9-19/h2-3,6-7,11H,1,4-5,8-10H2,(H,18,20). The summed E-state index contributed by atoms with van der Waals surface area (Å²) < 4.78 is -0.871. The molecule has 1 unspecified atom stereocenters. The highest BCUT2D eigenvalue weighted by Crippen LogP contribution is 2.53. The lowest BCUT2D eigenvalue weighted by Gasteiger charge is -2.30. The third-order valence-corrected chi connectivity index (χ3v) is 4.84. The van der Waals surface area contributed by atoms with E-state index in [-0.39, 0.29) is 11.8 Å². The SMILES string of the molecule is O=C(Nc1ccccc1N1CCCCC1)C1CC1(Cl)Cl. The molecule has 1 aliphatic heterocycles. The zero-order valence-corrected chi connectivity index (χ0v) is 12.8. The molecule has 0 bridgehead atoms. The molecule has 1 heterocycles. The highest BCUT2D eigenvalue weighted by Gasteiger charge is 2.56. The van der Waals surface area contributed by atoms with E-state index in [1.54, 1.807) is 0 Å². The van der Waals surface area contributed by atoms with Gasteiger partial charge in [0.25, 0.3) is 0 Å². The van der Waals surface area contributed by atoms with Crippen LogP contribution < -0.4 is 10.2 Å². The van der Waals surface area contributed by atoms with Gasteiger partial charge in [-0.3, -0.25) is 4.79 Å². The number of para-hydroxylation sites is 2. The molecule has 3 rings (SSSR count). The maximum absolute atomic E-state index is 12.1. The number of hydrogen-bond donors (Lipinski definition) is 1. The summed E-state index contributed by atoms with van der Waals surface area (Å²) in [6.45, 7) is 2.09. The van der Waals surface area contributed by atoms with Gasteiger partial charge in [0, 0.05) is 13.1 Å². The molecule has 0 spiro atoms. The summed E-state index contributed by atoms with van der Waals surface area (Å²) >= 11 is 11.9. The number of halogens is 2. The van der Waals surface area contributed by atoms with Gasteiger partial charge in [0.1, 0.15) is 4.33 Å². The molecule has 1 aromatic rings. The Balaban J connectivity index is 1.74. The summed E-state index contributed by atoms with van der Waals surface area (Å²) in [6.07, 6.45) is 4.23. The lowest BCUT2D eigenvalue weighted by Crippen LogP contribution is -2.30. The lowest BCUT2D eigenvalue weighted by atomic mass is 10.1. The van der Waals surface area contributed by atoms with Gasteiger partial charge in [0.15, 0.2) is 0 Å². The highest BCUT2D eigenvalue weighted by molar-refractivity contribution is 6.52. The van der Waals surface area contributed by atoms with Crippen LogP contribution in [-0.2, 0) is 4.79 Å². The van der Waals surface area contributed by atoms with E-state index >= 15 is 0 Å². The molecule has 1 saturated heterocycles. The fraction of sp³-hybridized carbons (Fsp3) is 0.533. The summed E-state index contributed by atoms with van der Waals surface area (Å²) in [6, 6.07) is 7.94. The van der Waals surface area contributed by atoms with Gasteiger partial charge < -0.3 is 10.2 Å². The monoisotopic (exact) mass is 312 g/mol. The average molecular weight is 313 g/mol. The van der Waals surface area contributed by atoms with Crippen LogP contribution in [0.1, 0.15) is 25.7 Å². The van der Waals surface area contributed by atoms with E-state index in [0.717, 1.165) is 24.5 Å². The molecule has 1 atom stereocenters. The van der Waals surface area contributed by atoms with E-state index in [9.17, 15) is 4.79 Å². The van der Waals surface area contributed by atoms with E-state index in [0.29, 0.717) is 6.42 Å². The van der Waals surface area contributed by atoms with Crippen molar-refractivity contribution < 1.29 is 4.79 Å². The summed E-state index contributed by atoms with van der Waals surface area (Å²) in [7, 11) is 0. The van der Waals surface area contributed by atoms with Gasteiger partial charge >= 0.3 is 0 Å². The number of hydrogen-bond acceptors (Lipinski definition) is 2. The summed E-state index contributed by atoms with van der Waals surface area (Å²) in [4.78, 5) is 14.5. The van der Waals surface area contributed by atoms with Crippen LogP contribution in [0.25, 0.3) is 0 Å². The molecule has 0 aromatic heterocycles. The second-order valence-corrected chi connectivity index (χ2v) is 7.11. The number of nitrogens with zero attached hydrogens (tertiary/aromatic N) is 1. The Morgan fingerprint density at radius 2 is 1.85 bits per heavy atom. The van der Waals surface area contributed by atoms with Crippen LogP contribution in [0.3, 0.4) is 0 Å². The van der Waals surface area contributed by atoms with Crippen molar-refractivity contribution in [3.63, 3.8) is 0 Å². The van der Waals surface area contributed by atoms with Crippen molar-refractivity contribution in [2.24, 2.45) is 5.92 Å². The van der Waals surface area contributed by atoms with Crippen LogP contribution in [0.5, 0.6) is 0 Å². The molecule has 2 aliphatic rings. The van der Waals surface area contributed by atoms with Crippen LogP contribution >= 0.6 is 23.2 Å². The summed E-state index contributed by atoms with van der Waals surface area (Å²) in [5, 5.41) is 2.98. The Labute approximate surface area is 129 Å². The van der Waals surface area contributed by atoms with Gasteiger partial charge in [0.2, 0.25) is 5.91 Å². The Kier molecular flexibility index (Phi) is 3.83. The highest BCUT2D eigenvalue weighted by atomic mass is 35.5. The van der Waals surface area contributed by atoms with E-state index in [1.807, 2.05) is 18.2 Å².